The first kappa shape index (κ1) is 18.1. The first-order chi connectivity index (χ1) is 11.4. The minimum Gasteiger partial charge on any atom is -0.322 e. The van der Waals surface area contributed by atoms with Crippen molar-refractivity contribution in [3.8, 4) is 0 Å². The third-order valence-electron chi connectivity index (χ3n) is 3.28. The zero-order valence-corrected chi connectivity index (χ0v) is 13.6. The van der Waals surface area contributed by atoms with Gasteiger partial charge in [-0.05, 0) is 42.8 Å². The monoisotopic (exact) mass is 351 g/mol. The van der Waals surface area contributed by atoms with Crippen LogP contribution < -0.4 is 15.8 Å². The highest BCUT2D eigenvalue weighted by Gasteiger charge is 2.07. The van der Waals surface area contributed by atoms with Crippen molar-refractivity contribution >= 4 is 21.6 Å². The highest BCUT2D eigenvalue weighted by Crippen LogP contribution is 2.12. The van der Waals surface area contributed by atoms with Crippen LogP contribution in [0.1, 0.15) is 5.56 Å². The summed E-state index contributed by atoms with van der Waals surface area (Å²) < 4.78 is 35.7. The van der Waals surface area contributed by atoms with E-state index < -0.39 is 15.8 Å². The van der Waals surface area contributed by atoms with E-state index in [4.69, 9.17) is 5.14 Å². The average molecular weight is 351 g/mol. The Hall–Kier alpha value is -2.29. The molecular formula is C16H18FN3O3S. The van der Waals surface area contributed by atoms with Crippen molar-refractivity contribution in [2.45, 2.75) is 11.3 Å². The standard InChI is InChI=1S/C16H18FN3O3S/c17-14-3-1-2-4-15(14)20-16(21)11-19-10-9-12-5-7-13(8-6-12)24(18,22)23/h1-8,19H,9-11H2,(H,20,21)(H2,18,22,23). The average Bonchev–Trinajstić information content (AvgIpc) is 2.53. The highest BCUT2D eigenvalue weighted by atomic mass is 32.2. The molecule has 0 aliphatic heterocycles. The minimum absolute atomic E-state index is 0.0452. The predicted octanol–water partition coefficient (Wildman–Crippen LogP) is 1.24. The Labute approximate surface area is 139 Å². The Morgan fingerprint density at radius 1 is 1.08 bits per heavy atom. The lowest BCUT2D eigenvalue weighted by Crippen LogP contribution is -2.29. The first-order valence-electron chi connectivity index (χ1n) is 7.23. The number of anilines is 1. The molecule has 0 radical (unpaired) electrons. The maximum atomic E-state index is 13.4. The molecule has 0 aliphatic rings. The summed E-state index contributed by atoms with van der Waals surface area (Å²) in [7, 11) is -3.69. The number of para-hydroxylation sites is 1. The molecule has 2 aromatic rings. The number of benzene rings is 2. The number of sulfonamides is 1. The predicted molar refractivity (Wildman–Crippen MR) is 89.4 cm³/mol. The maximum absolute atomic E-state index is 13.4. The SMILES string of the molecule is NS(=O)(=O)c1ccc(CCNCC(=O)Nc2ccccc2F)cc1. The van der Waals surface area contributed by atoms with Gasteiger partial charge in [0.1, 0.15) is 5.82 Å². The van der Waals surface area contributed by atoms with Crippen molar-refractivity contribution in [2.24, 2.45) is 5.14 Å². The van der Waals surface area contributed by atoms with Gasteiger partial charge in [0.2, 0.25) is 15.9 Å². The third kappa shape index (κ3) is 5.41. The highest BCUT2D eigenvalue weighted by molar-refractivity contribution is 7.89. The lowest BCUT2D eigenvalue weighted by molar-refractivity contribution is -0.115. The van der Waals surface area contributed by atoms with E-state index in [2.05, 4.69) is 10.6 Å². The van der Waals surface area contributed by atoms with Gasteiger partial charge >= 0.3 is 0 Å². The molecule has 0 saturated heterocycles. The number of rotatable bonds is 7. The Balaban J connectivity index is 1.75. The Bertz CT molecular complexity index is 808. The van der Waals surface area contributed by atoms with Crippen LogP contribution in [0.25, 0.3) is 0 Å². The van der Waals surface area contributed by atoms with Crippen LogP contribution in [0.2, 0.25) is 0 Å². The molecule has 2 aromatic carbocycles. The van der Waals surface area contributed by atoms with Crippen LogP contribution in [0.15, 0.2) is 53.4 Å². The molecule has 4 N–H and O–H groups in total. The molecule has 128 valence electrons. The van der Waals surface area contributed by atoms with Gasteiger partial charge in [0.05, 0.1) is 17.1 Å². The second-order valence-corrected chi connectivity index (χ2v) is 6.71. The number of amides is 1. The third-order valence-corrected chi connectivity index (χ3v) is 4.21. The number of primary sulfonamides is 1. The van der Waals surface area contributed by atoms with E-state index in [1.165, 1.54) is 24.3 Å². The van der Waals surface area contributed by atoms with Crippen molar-refractivity contribution < 1.29 is 17.6 Å². The molecule has 0 aliphatic carbocycles. The first-order valence-corrected chi connectivity index (χ1v) is 8.78. The smallest absolute Gasteiger partial charge is 0.238 e. The van der Waals surface area contributed by atoms with E-state index >= 15 is 0 Å². The number of halogens is 1. The number of nitrogens with one attached hydrogen (secondary N) is 2. The molecule has 0 spiro atoms. The Morgan fingerprint density at radius 3 is 2.38 bits per heavy atom. The lowest BCUT2D eigenvalue weighted by Gasteiger charge is -2.08. The van der Waals surface area contributed by atoms with Gasteiger partial charge in [-0.15, -0.1) is 0 Å². The second-order valence-electron chi connectivity index (χ2n) is 5.14. The van der Waals surface area contributed by atoms with Crippen LogP contribution in [0.3, 0.4) is 0 Å². The fourth-order valence-corrected chi connectivity index (χ4v) is 2.55. The molecule has 0 saturated carbocycles. The largest absolute Gasteiger partial charge is 0.322 e. The van der Waals surface area contributed by atoms with Crippen LogP contribution in [0.4, 0.5) is 10.1 Å². The van der Waals surface area contributed by atoms with E-state index in [9.17, 15) is 17.6 Å². The van der Waals surface area contributed by atoms with Gasteiger partial charge < -0.3 is 10.6 Å². The quantitative estimate of drug-likeness (QED) is 0.653. The molecule has 0 unspecified atom stereocenters. The van der Waals surface area contributed by atoms with Gasteiger partial charge in [-0.25, -0.2) is 17.9 Å². The van der Waals surface area contributed by atoms with E-state index in [0.717, 1.165) is 5.56 Å². The molecule has 2 rings (SSSR count). The van der Waals surface area contributed by atoms with Gasteiger partial charge in [-0.1, -0.05) is 24.3 Å². The maximum Gasteiger partial charge on any atom is 0.238 e. The molecule has 0 aromatic heterocycles. The molecule has 6 nitrogen and oxygen atoms in total. The van der Waals surface area contributed by atoms with Crippen molar-refractivity contribution in [3.63, 3.8) is 0 Å². The number of carbonyl (C=O) groups excluding carboxylic acids is 1. The molecule has 0 heterocycles. The summed E-state index contributed by atoms with van der Waals surface area (Å²) in [6.45, 7) is 0.559. The second kappa shape index (κ2) is 8.00. The van der Waals surface area contributed by atoms with Crippen LogP contribution in [-0.2, 0) is 21.2 Å². The topological polar surface area (TPSA) is 101 Å². The van der Waals surface area contributed by atoms with E-state index in [0.29, 0.717) is 13.0 Å². The fourth-order valence-electron chi connectivity index (χ4n) is 2.04. The zero-order valence-electron chi connectivity index (χ0n) is 12.8. The summed E-state index contributed by atoms with van der Waals surface area (Å²) in [5.41, 5.74) is 1.05. The molecule has 24 heavy (non-hydrogen) atoms. The summed E-state index contributed by atoms with van der Waals surface area (Å²) in [5, 5.41) is 10.4. The number of nitrogens with two attached hydrogens (primary N) is 1. The molecular weight excluding hydrogens is 333 g/mol. The Morgan fingerprint density at radius 2 is 1.75 bits per heavy atom. The summed E-state index contributed by atoms with van der Waals surface area (Å²) in [4.78, 5) is 11.8. The summed E-state index contributed by atoms with van der Waals surface area (Å²) >= 11 is 0. The van der Waals surface area contributed by atoms with Crippen molar-refractivity contribution in [3.05, 3.63) is 59.9 Å². The van der Waals surface area contributed by atoms with Crippen LogP contribution >= 0.6 is 0 Å². The van der Waals surface area contributed by atoms with Crippen molar-refractivity contribution in [1.29, 1.82) is 0 Å². The molecule has 1 amide bonds. The number of hydrogen-bond acceptors (Lipinski definition) is 4. The van der Waals surface area contributed by atoms with Gasteiger partial charge in [-0.2, -0.15) is 0 Å². The van der Waals surface area contributed by atoms with E-state index in [1.54, 1.807) is 24.3 Å². The van der Waals surface area contributed by atoms with Crippen LogP contribution in [-0.4, -0.2) is 27.4 Å². The summed E-state index contributed by atoms with van der Waals surface area (Å²) in [6, 6.07) is 12.2. The summed E-state index contributed by atoms with van der Waals surface area (Å²) in [5.74, 6) is -0.828. The molecule has 8 heteroatoms. The van der Waals surface area contributed by atoms with Gasteiger partial charge in [0.15, 0.2) is 0 Å². The fraction of sp³-hybridized carbons (Fsp3) is 0.188. The lowest BCUT2D eigenvalue weighted by atomic mass is 10.1. The van der Waals surface area contributed by atoms with Crippen molar-refractivity contribution in [2.75, 3.05) is 18.4 Å². The normalized spacial score (nSPS) is 11.2. The number of hydrogen-bond donors (Lipinski definition) is 3. The minimum atomic E-state index is -3.69. The summed E-state index contributed by atoms with van der Waals surface area (Å²) in [6.07, 6.45) is 0.609. The van der Waals surface area contributed by atoms with Crippen molar-refractivity contribution in [1.82, 2.24) is 5.32 Å². The zero-order chi connectivity index (χ0) is 17.6. The Kier molecular flexibility index (Phi) is 6.02. The van der Waals surface area contributed by atoms with Crippen LogP contribution in [0, 0.1) is 5.82 Å². The number of carbonyl (C=O) groups is 1. The molecule has 0 bridgehead atoms. The van der Waals surface area contributed by atoms with E-state index in [-0.39, 0.29) is 23.0 Å². The van der Waals surface area contributed by atoms with E-state index in [1.807, 2.05) is 0 Å². The van der Waals surface area contributed by atoms with Gasteiger partial charge in [-0.3, -0.25) is 4.79 Å². The van der Waals surface area contributed by atoms with Gasteiger partial charge in [0, 0.05) is 0 Å². The van der Waals surface area contributed by atoms with Crippen LogP contribution in [0.5, 0.6) is 0 Å². The molecule has 0 fully saturated rings. The molecule has 0 atom stereocenters. The van der Waals surface area contributed by atoms with Gasteiger partial charge in [0.25, 0.3) is 0 Å².